The van der Waals surface area contributed by atoms with Crippen LogP contribution in [0.5, 0.6) is 0 Å². The van der Waals surface area contributed by atoms with E-state index in [1.165, 1.54) is 92.0 Å². The molecule has 2 aromatic carbocycles. The average Bonchev–Trinajstić information content (AvgIpc) is 3.03. The molecule has 0 aliphatic rings. The molecule has 0 atom stereocenters. The average molecular weight is 677 g/mol. The quantitative estimate of drug-likeness (QED) is 0.0286. The summed E-state index contributed by atoms with van der Waals surface area (Å²) >= 11 is 0. The molecule has 0 fully saturated rings. The van der Waals surface area contributed by atoms with Gasteiger partial charge in [-0.15, -0.1) is 4.79 Å². The summed E-state index contributed by atoms with van der Waals surface area (Å²) < 4.78 is 0. The maximum Gasteiger partial charge on any atom is 2.00 e. The maximum absolute atomic E-state index is 9.18. The third kappa shape index (κ3) is 22.2. The smallest absolute Gasteiger partial charge is 0.348 e. The van der Waals surface area contributed by atoms with Crippen molar-refractivity contribution in [1.29, 1.82) is 0 Å². The normalized spacial score (nSPS) is 10.3. The largest absolute Gasteiger partial charge is 2.00 e. The molecular formula is C40H62N2Pd. The van der Waals surface area contributed by atoms with Crippen molar-refractivity contribution < 1.29 is 25.2 Å². The van der Waals surface area contributed by atoms with Gasteiger partial charge in [0.2, 0.25) is 0 Å². The van der Waals surface area contributed by atoms with Crippen LogP contribution in [0.2, 0.25) is 0 Å². The van der Waals surface area contributed by atoms with Crippen molar-refractivity contribution in [2.75, 3.05) is 0 Å². The summed E-state index contributed by atoms with van der Waals surface area (Å²) in [5, 5.41) is 0. The summed E-state index contributed by atoms with van der Waals surface area (Å²) in [4.78, 5) is 3.23. The molecule has 0 aliphatic heterocycles. The zero-order chi connectivity index (χ0) is 31.3. The van der Waals surface area contributed by atoms with Gasteiger partial charge >= 0.3 is 26.3 Å². The molecule has 0 aromatic heterocycles. The van der Waals surface area contributed by atoms with Crippen LogP contribution in [0.15, 0.2) is 60.2 Å². The van der Waals surface area contributed by atoms with Crippen molar-refractivity contribution in [3.05, 3.63) is 102 Å². The second-order valence-electron chi connectivity index (χ2n) is 11.1. The Labute approximate surface area is 281 Å². The number of hydrogen-bond acceptors (Lipinski definition) is 0. The van der Waals surface area contributed by atoms with E-state index in [0.29, 0.717) is 0 Å². The van der Waals surface area contributed by atoms with Gasteiger partial charge < -0.3 is 19.4 Å². The molecule has 0 saturated heterocycles. The first-order valence-corrected chi connectivity index (χ1v) is 17.0. The number of allylic oxidation sites excluding steroid dienone is 2. The fraction of sp³-hybridized carbons (Fsp3) is 0.550. The van der Waals surface area contributed by atoms with Crippen molar-refractivity contribution in [1.82, 2.24) is 0 Å². The topological polar surface area (TPSA) is 36.4 Å². The van der Waals surface area contributed by atoms with E-state index >= 15 is 0 Å². The van der Waals surface area contributed by atoms with Gasteiger partial charge in [-0.25, -0.2) is 0 Å². The van der Waals surface area contributed by atoms with E-state index < -0.39 is 0 Å². The predicted molar refractivity (Wildman–Crippen MR) is 188 cm³/mol. The van der Waals surface area contributed by atoms with E-state index in [1.54, 1.807) is 0 Å². The second kappa shape index (κ2) is 31.4. The van der Waals surface area contributed by atoms with Crippen molar-refractivity contribution in [2.24, 2.45) is 0 Å². The number of nitrogens with zero attached hydrogens (tertiary/aromatic N) is 2. The molecule has 0 aliphatic carbocycles. The fourth-order valence-corrected chi connectivity index (χ4v) is 4.34. The molecule has 3 heteroatoms. The van der Waals surface area contributed by atoms with Gasteiger partial charge in [0.15, 0.2) is 0 Å². The first-order valence-electron chi connectivity index (χ1n) is 17.0. The van der Waals surface area contributed by atoms with E-state index in [4.69, 9.17) is 0 Å². The van der Waals surface area contributed by atoms with E-state index in [2.05, 4.69) is 114 Å². The third-order valence-corrected chi connectivity index (χ3v) is 7.16. The Kier molecular flexibility index (Phi) is 31.5. The first kappa shape index (κ1) is 43.1. The number of aryl methyl sites for hydroxylation is 2. The van der Waals surface area contributed by atoms with Gasteiger partial charge in [-0.1, -0.05) is 141 Å². The molecule has 43 heavy (non-hydrogen) atoms. The first-order chi connectivity index (χ1) is 20.5. The zero-order valence-corrected chi connectivity index (χ0v) is 29.9. The molecular weight excluding hydrogens is 615 g/mol. The monoisotopic (exact) mass is 676 g/mol. The molecule has 0 spiro atoms. The molecule has 2 nitrogen and oxygen atoms in total. The molecule has 0 heterocycles. The number of unbranched alkanes of at least 4 members (excludes halogenated alkanes) is 9. The van der Waals surface area contributed by atoms with Crippen LogP contribution >= 0.6 is 0 Å². The number of benzene rings is 2. The maximum atomic E-state index is 9.18. The third-order valence-electron chi connectivity index (χ3n) is 7.16. The SMILES string of the molecule is CCCCCCCCc1ccc(C(=CC(=C=[N+]=[N-])CCCC)c2cccc(CCCC)c2)cc1.[CH2-]CCC.[CH2-]CCC.[Pd+2]. The molecule has 0 amide bonds. The van der Waals surface area contributed by atoms with Gasteiger partial charge in [-0.3, -0.25) is 0 Å². The van der Waals surface area contributed by atoms with Crippen LogP contribution in [0, 0.1) is 13.8 Å². The Balaban J connectivity index is 0. The molecule has 0 bridgehead atoms. The summed E-state index contributed by atoms with van der Waals surface area (Å²) in [6, 6.07) is 18.0. The van der Waals surface area contributed by atoms with Crippen molar-refractivity contribution in [3.8, 4) is 0 Å². The second-order valence-corrected chi connectivity index (χ2v) is 11.1. The molecule has 242 valence electrons. The van der Waals surface area contributed by atoms with Gasteiger partial charge in [0.25, 0.3) is 0 Å². The van der Waals surface area contributed by atoms with Crippen LogP contribution < -0.4 is 0 Å². The Morgan fingerprint density at radius 2 is 1.23 bits per heavy atom. The summed E-state index contributed by atoms with van der Waals surface area (Å²) in [6.07, 6.45) is 22.4. The van der Waals surface area contributed by atoms with Crippen molar-refractivity contribution in [2.45, 2.75) is 144 Å². The van der Waals surface area contributed by atoms with Crippen molar-refractivity contribution >= 4 is 11.4 Å². The summed E-state index contributed by atoms with van der Waals surface area (Å²) in [5.74, 6) is 2.82. The number of rotatable bonds is 18. The minimum absolute atomic E-state index is 0. The molecule has 0 N–H and O–H groups in total. The van der Waals surface area contributed by atoms with Gasteiger partial charge in [-0.05, 0) is 72.4 Å². The molecule has 2 aromatic rings. The molecule has 0 saturated carbocycles. The van der Waals surface area contributed by atoms with Crippen LogP contribution in [0.4, 0.5) is 0 Å². The minimum atomic E-state index is 0. The van der Waals surface area contributed by atoms with Crippen LogP contribution in [0.1, 0.15) is 153 Å². The van der Waals surface area contributed by atoms with Gasteiger partial charge in [-0.2, -0.15) is 12.8 Å². The van der Waals surface area contributed by atoms with E-state index in [1.807, 2.05) is 0 Å². The van der Waals surface area contributed by atoms with Crippen LogP contribution in [0.3, 0.4) is 0 Å². The molecule has 2 rings (SSSR count). The summed E-state index contributed by atoms with van der Waals surface area (Å²) in [6.45, 7) is 18.1. The van der Waals surface area contributed by atoms with E-state index in [9.17, 15) is 5.53 Å². The Morgan fingerprint density at radius 1 is 0.674 bits per heavy atom. The van der Waals surface area contributed by atoms with Crippen LogP contribution in [-0.2, 0) is 33.3 Å². The Hall–Kier alpha value is -2.00. The van der Waals surface area contributed by atoms with Gasteiger partial charge in [0.05, 0.1) is 5.57 Å². The summed E-state index contributed by atoms with van der Waals surface area (Å²) in [7, 11) is 0. The van der Waals surface area contributed by atoms with E-state index in [0.717, 1.165) is 50.5 Å². The Morgan fingerprint density at radius 3 is 1.79 bits per heavy atom. The number of hydrogen-bond donors (Lipinski definition) is 0. The Bertz CT molecular complexity index is 1020. The van der Waals surface area contributed by atoms with Crippen molar-refractivity contribution in [3.63, 3.8) is 0 Å². The fourth-order valence-electron chi connectivity index (χ4n) is 4.34. The van der Waals surface area contributed by atoms with E-state index in [-0.39, 0.29) is 20.4 Å². The predicted octanol–water partition coefficient (Wildman–Crippen LogP) is 12.6. The van der Waals surface area contributed by atoms with Gasteiger partial charge in [0.1, 0.15) is 0 Å². The zero-order valence-electron chi connectivity index (χ0n) is 28.3. The standard InChI is InChI=1S/C32H44N2.2C4H9.Pd/c1-4-7-10-11-12-13-17-27-20-22-30(23-21-27)32(25-29(26-34-33)16-9-6-3)31-19-14-18-28(24-31)15-8-5-2;2*1-3-4-2;/h14,18-25H,4-13,15-17H2,1-3H3;2*1,3-4H2,2H3;/q;2*-1;+2. The molecule has 0 unspecified atom stereocenters. The molecule has 0 radical (unpaired) electrons. The summed E-state index contributed by atoms with van der Waals surface area (Å²) in [5.41, 5.74) is 16.5. The van der Waals surface area contributed by atoms with Crippen LogP contribution in [0.25, 0.3) is 11.1 Å². The minimum Gasteiger partial charge on any atom is -0.348 e. The van der Waals surface area contributed by atoms with Crippen LogP contribution in [-0.4, -0.2) is 10.7 Å². The van der Waals surface area contributed by atoms with Gasteiger partial charge in [0, 0.05) is 0 Å².